The maximum Gasteiger partial charge on any atom is 0.332 e. The molecular weight excluding hydrogens is 359 g/mol. The molecule has 1 aliphatic rings. The SMILES string of the molecule is Cn1cnc2c1c(=O)n(CCCSC[C@H]1CC1(Cl)Cl)c(=O)n2C. The Labute approximate surface area is 147 Å². The molecule has 2 aromatic rings. The third-order valence-corrected chi connectivity index (χ3v) is 6.29. The highest BCUT2D eigenvalue weighted by Crippen LogP contribution is 2.54. The molecule has 2 aromatic heterocycles. The largest absolute Gasteiger partial charge is 0.332 e. The van der Waals surface area contributed by atoms with E-state index >= 15 is 0 Å². The quantitative estimate of drug-likeness (QED) is 0.569. The highest BCUT2D eigenvalue weighted by molar-refractivity contribution is 7.99. The normalized spacial score (nSPS) is 19.4. The molecule has 1 fully saturated rings. The molecule has 9 heteroatoms. The summed E-state index contributed by atoms with van der Waals surface area (Å²) in [7, 11) is 3.39. The van der Waals surface area contributed by atoms with Crippen molar-refractivity contribution in [2.75, 3.05) is 11.5 Å². The van der Waals surface area contributed by atoms with Gasteiger partial charge in [-0.25, -0.2) is 9.78 Å². The lowest BCUT2D eigenvalue weighted by molar-refractivity contribution is 0.594. The van der Waals surface area contributed by atoms with Crippen molar-refractivity contribution in [3.05, 3.63) is 27.2 Å². The van der Waals surface area contributed by atoms with Crippen LogP contribution >= 0.6 is 35.0 Å². The first-order chi connectivity index (χ1) is 10.8. The van der Waals surface area contributed by atoms with Crippen molar-refractivity contribution in [1.29, 1.82) is 0 Å². The Morgan fingerprint density at radius 3 is 2.74 bits per heavy atom. The van der Waals surface area contributed by atoms with Crippen LogP contribution in [0.25, 0.3) is 11.2 Å². The first kappa shape index (κ1) is 16.9. The second-order valence-corrected chi connectivity index (χ2v) is 8.61. The van der Waals surface area contributed by atoms with Gasteiger partial charge in [-0.1, -0.05) is 0 Å². The fraction of sp³-hybridized carbons (Fsp3) is 0.643. The van der Waals surface area contributed by atoms with E-state index in [4.69, 9.17) is 23.2 Å². The molecule has 23 heavy (non-hydrogen) atoms. The number of aromatic nitrogens is 4. The van der Waals surface area contributed by atoms with Gasteiger partial charge in [0.1, 0.15) is 4.33 Å². The second-order valence-electron chi connectivity index (χ2n) is 5.92. The molecule has 0 unspecified atom stereocenters. The molecule has 2 heterocycles. The molecule has 0 N–H and O–H groups in total. The maximum atomic E-state index is 12.5. The van der Waals surface area contributed by atoms with E-state index in [0.29, 0.717) is 23.6 Å². The molecule has 0 bridgehead atoms. The van der Waals surface area contributed by atoms with E-state index in [-0.39, 0.29) is 11.2 Å². The van der Waals surface area contributed by atoms with Gasteiger partial charge in [0.05, 0.1) is 6.33 Å². The molecule has 0 spiro atoms. The summed E-state index contributed by atoms with van der Waals surface area (Å²) in [4.78, 5) is 28.9. The van der Waals surface area contributed by atoms with Crippen LogP contribution in [0.1, 0.15) is 12.8 Å². The van der Waals surface area contributed by atoms with Crippen LogP contribution in [0.5, 0.6) is 0 Å². The number of rotatable bonds is 6. The van der Waals surface area contributed by atoms with Crippen molar-refractivity contribution < 1.29 is 0 Å². The van der Waals surface area contributed by atoms with Crippen molar-refractivity contribution in [2.45, 2.75) is 23.7 Å². The highest BCUT2D eigenvalue weighted by Gasteiger charge is 2.50. The van der Waals surface area contributed by atoms with Gasteiger partial charge < -0.3 is 4.57 Å². The third kappa shape index (κ3) is 3.19. The van der Waals surface area contributed by atoms with Gasteiger partial charge in [0.2, 0.25) is 0 Å². The lowest BCUT2D eigenvalue weighted by atomic mass is 10.4. The topological polar surface area (TPSA) is 61.8 Å². The zero-order chi connectivity index (χ0) is 16.8. The van der Waals surface area contributed by atoms with Crippen molar-refractivity contribution in [2.24, 2.45) is 20.0 Å². The Morgan fingerprint density at radius 2 is 2.09 bits per heavy atom. The number of imidazole rings is 1. The zero-order valence-electron chi connectivity index (χ0n) is 13.0. The smallest absolute Gasteiger partial charge is 0.328 e. The number of halogens is 2. The number of fused-ring (bicyclic) bond motifs is 1. The fourth-order valence-corrected chi connectivity index (χ4v) is 4.49. The zero-order valence-corrected chi connectivity index (χ0v) is 15.3. The van der Waals surface area contributed by atoms with Gasteiger partial charge in [0.25, 0.3) is 5.56 Å². The van der Waals surface area contributed by atoms with Crippen LogP contribution in [-0.4, -0.2) is 34.5 Å². The van der Waals surface area contributed by atoms with Gasteiger partial charge in [0.15, 0.2) is 11.2 Å². The van der Waals surface area contributed by atoms with Gasteiger partial charge in [-0.05, 0) is 24.3 Å². The minimum absolute atomic E-state index is 0.282. The lowest BCUT2D eigenvalue weighted by Crippen LogP contribution is -2.39. The summed E-state index contributed by atoms with van der Waals surface area (Å²) in [5.74, 6) is 2.14. The monoisotopic (exact) mass is 376 g/mol. The number of hydrogen-bond acceptors (Lipinski definition) is 4. The average Bonchev–Trinajstić information content (AvgIpc) is 2.91. The minimum atomic E-state index is -0.537. The van der Waals surface area contributed by atoms with Crippen LogP contribution < -0.4 is 11.2 Å². The Morgan fingerprint density at radius 1 is 1.39 bits per heavy atom. The van der Waals surface area contributed by atoms with Crippen LogP contribution in [0.4, 0.5) is 0 Å². The van der Waals surface area contributed by atoms with Crippen molar-refractivity contribution >= 4 is 46.1 Å². The molecule has 1 atom stereocenters. The van der Waals surface area contributed by atoms with E-state index in [2.05, 4.69) is 4.98 Å². The molecule has 0 aromatic carbocycles. The van der Waals surface area contributed by atoms with E-state index < -0.39 is 4.33 Å². The van der Waals surface area contributed by atoms with Gasteiger partial charge in [-0.2, -0.15) is 11.8 Å². The van der Waals surface area contributed by atoms with Gasteiger partial charge in [0, 0.05) is 26.6 Å². The molecule has 3 rings (SSSR count). The standard InChI is InChI=1S/C14H18Cl2N4O2S/c1-18-8-17-11-10(18)12(21)20(13(22)19(11)2)4-3-5-23-7-9-6-14(9,15)16/h8-9H,3-7H2,1-2H3/t9-/m1/s1. The Hall–Kier alpha value is -0.920. The summed E-state index contributed by atoms with van der Waals surface area (Å²) in [5.41, 5.74) is 0.263. The Bertz CT molecular complexity index is 855. The van der Waals surface area contributed by atoms with Crippen LogP contribution in [-0.2, 0) is 20.6 Å². The lowest BCUT2D eigenvalue weighted by Gasteiger charge is -2.08. The van der Waals surface area contributed by atoms with E-state index in [0.717, 1.165) is 24.3 Å². The van der Waals surface area contributed by atoms with Crippen LogP contribution in [0.15, 0.2) is 15.9 Å². The van der Waals surface area contributed by atoms with Crippen LogP contribution in [0, 0.1) is 5.92 Å². The Balaban J connectivity index is 1.67. The molecule has 1 aliphatic carbocycles. The summed E-state index contributed by atoms with van der Waals surface area (Å²) in [5, 5.41) is 0. The van der Waals surface area contributed by atoms with E-state index in [1.807, 2.05) is 0 Å². The second kappa shape index (κ2) is 6.18. The summed E-state index contributed by atoms with van der Waals surface area (Å²) >= 11 is 13.7. The molecule has 0 aliphatic heterocycles. The van der Waals surface area contributed by atoms with Crippen molar-refractivity contribution in [3.8, 4) is 0 Å². The molecule has 0 amide bonds. The molecule has 6 nitrogen and oxygen atoms in total. The number of thioether (sulfide) groups is 1. The van der Waals surface area contributed by atoms with E-state index in [1.165, 1.54) is 9.13 Å². The molecule has 126 valence electrons. The van der Waals surface area contributed by atoms with Gasteiger partial charge in [-0.3, -0.25) is 13.9 Å². The number of hydrogen-bond donors (Lipinski definition) is 0. The summed E-state index contributed by atoms with van der Waals surface area (Å²) in [6.07, 6.45) is 3.14. The van der Waals surface area contributed by atoms with Crippen LogP contribution in [0.2, 0.25) is 0 Å². The first-order valence-corrected chi connectivity index (χ1v) is 9.30. The average molecular weight is 377 g/mol. The molecule has 0 radical (unpaired) electrons. The highest BCUT2D eigenvalue weighted by atomic mass is 35.5. The van der Waals surface area contributed by atoms with Crippen molar-refractivity contribution in [1.82, 2.24) is 18.7 Å². The first-order valence-electron chi connectivity index (χ1n) is 7.39. The summed E-state index contributed by atoms with van der Waals surface area (Å²) in [6.45, 7) is 0.400. The summed E-state index contributed by atoms with van der Waals surface area (Å²) < 4.78 is 3.82. The van der Waals surface area contributed by atoms with E-state index in [9.17, 15) is 9.59 Å². The summed E-state index contributed by atoms with van der Waals surface area (Å²) in [6, 6.07) is 0. The maximum absolute atomic E-state index is 12.5. The van der Waals surface area contributed by atoms with E-state index in [1.54, 1.807) is 36.8 Å². The predicted octanol–water partition coefficient (Wildman–Crippen LogP) is 1.75. The van der Waals surface area contributed by atoms with Crippen molar-refractivity contribution in [3.63, 3.8) is 0 Å². The van der Waals surface area contributed by atoms with Gasteiger partial charge in [-0.15, -0.1) is 23.2 Å². The number of nitrogens with zero attached hydrogens (tertiary/aromatic N) is 4. The molecular formula is C14H18Cl2N4O2S. The van der Waals surface area contributed by atoms with Gasteiger partial charge >= 0.3 is 5.69 Å². The van der Waals surface area contributed by atoms with Crippen LogP contribution in [0.3, 0.4) is 0 Å². The number of alkyl halides is 2. The fourth-order valence-electron chi connectivity index (χ4n) is 2.59. The Kier molecular flexibility index (Phi) is 4.55. The molecule has 1 saturated carbocycles. The molecule has 0 saturated heterocycles. The minimum Gasteiger partial charge on any atom is -0.328 e. The third-order valence-electron chi connectivity index (χ3n) is 4.15. The number of aryl methyl sites for hydroxylation is 2. The predicted molar refractivity (Wildman–Crippen MR) is 94.7 cm³/mol.